The first-order valence-corrected chi connectivity index (χ1v) is 9.04. The predicted molar refractivity (Wildman–Crippen MR) is 103 cm³/mol. The van der Waals surface area contributed by atoms with E-state index >= 15 is 0 Å². The first-order valence-electron chi connectivity index (χ1n) is 9.04. The van der Waals surface area contributed by atoms with Crippen LogP contribution in [0.25, 0.3) is 0 Å². The molecule has 0 unspecified atom stereocenters. The van der Waals surface area contributed by atoms with E-state index in [0.717, 1.165) is 18.4 Å². The van der Waals surface area contributed by atoms with E-state index in [4.69, 9.17) is 4.74 Å². The molecule has 0 aliphatic rings. The van der Waals surface area contributed by atoms with Crippen LogP contribution in [-0.2, 0) is 6.61 Å². The Morgan fingerprint density at radius 3 is 2.52 bits per heavy atom. The fraction of sp³-hybridized carbons (Fsp3) is 0.409. The van der Waals surface area contributed by atoms with Crippen molar-refractivity contribution < 1.29 is 9.53 Å². The Hall–Kier alpha value is -2.29. The van der Waals surface area contributed by atoms with Crippen LogP contribution in [0.4, 0.5) is 0 Å². The molecule has 0 saturated heterocycles. The lowest BCUT2D eigenvalue weighted by Crippen LogP contribution is -2.33. The fourth-order valence-corrected chi connectivity index (χ4v) is 2.70. The van der Waals surface area contributed by atoms with E-state index < -0.39 is 0 Å². The van der Waals surface area contributed by atoms with Gasteiger partial charge in [0.25, 0.3) is 5.91 Å². The molecule has 0 saturated carbocycles. The van der Waals surface area contributed by atoms with Gasteiger partial charge in [-0.25, -0.2) is 0 Å². The summed E-state index contributed by atoms with van der Waals surface area (Å²) in [6.45, 7) is 8.96. The second-order valence-electron chi connectivity index (χ2n) is 7.12. The van der Waals surface area contributed by atoms with E-state index in [2.05, 4.69) is 45.1 Å². The van der Waals surface area contributed by atoms with Crippen molar-refractivity contribution in [3.05, 3.63) is 65.2 Å². The van der Waals surface area contributed by atoms with Gasteiger partial charge >= 0.3 is 0 Å². The molecule has 2 rings (SSSR count). The zero-order chi connectivity index (χ0) is 18.2. The van der Waals surface area contributed by atoms with Gasteiger partial charge < -0.3 is 10.1 Å². The van der Waals surface area contributed by atoms with E-state index in [0.29, 0.717) is 23.8 Å². The normalized spacial score (nSPS) is 12.0. The average molecular weight is 339 g/mol. The van der Waals surface area contributed by atoms with Crippen LogP contribution >= 0.6 is 0 Å². The van der Waals surface area contributed by atoms with Crippen molar-refractivity contribution in [2.75, 3.05) is 0 Å². The maximum absolute atomic E-state index is 12.6. The molecule has 2 aromatic rings. The van der Waals surface area contributed by atoms with Crippen LogP contribution in [0.2, 0.25) is 0 Å². The summed E-state index contributed by atoms with van der Waals surface area (Å²) in [5.74, 6) is 1.19. The quantitative estimate of drug-likeness (QED) is 0.724. The van der Waals surface area contributed by atoms with Crippen LogP contribution in [0.5, 0.6) is 5.75 Å². The zero-order valence-corrected chi connectivity index (χ0v) is 15.7. The van der Waals surface area contributed by atoms with E-state index in [9.17, 15) is 4.79 Å². The van der Waals surface area contributed by atoms with Gasteiger partial charge in [0.15, 0.2) is 0 Å². The van der Waals surface area contributed by atoms with Crippen LogP contribution in [0.3, 0.4) is 0 Å². The van der Waals surface area contributed by atoms with Gasteiger partial charge in [-0.3, -0.25) is 4.79 Å². The summed E-state index contributed by atoms with van der Waals surface area (Å²) in [5.41, 5.74) is 2.89. The van der Waals surface area contributed by atoms with Gasteiger partial charge in [-0.15, -0.1) is 0 Å². The molecule has 3 heteroatoms. The lowest BCUT2D eigenvalue weighted by Gasteiger charge is -2.17. The summed E-state index contributed by atoms with van der Waals surface area (Å²) < 4.78 is 5.92. The first kappa shape index (κ1) is 19.0. The third-order valence-electron chi connectivity index (χ3n) is 4.16. The van der Waals surface area contributed by atoms with Gasteiger partial charge in [-0.1, -0.05) is 55.8 Å². The maximum atomic E-state index is 12.6. The zero-order valence-electron chi connectivity index (χ0n) is 15.7. The van der Waals surface area contributed by atoms with E-state index in [1.807, 2.05) is 36.4 Å². The highest BCUT2D eigenvalue weighted by Crippen LogP contribution is 2.20. The molecule has 1 amide bonds. The number of nitrogens with one attached hydrogen (secondary N) is 1. The summed E-state index contributed by atoms with van der Waals surface area (Å²) in [6.07, 6.45) is 2.09. The van der Waals surface area contributed by atoms with Gasteiger partial charge in [0.2, 0.25) is 0 Å². The molecule has 0 fully saturated rings. The highest BCUT2D eigenvalue weighted by atomic mass is 16.5. The van der Waals surface area contributed by atoms with Crippen LogP contribution in [0, 0.1) is 12.8 Å². The van der Waals surface area contributed by atoms with Crippen LogP contribution in [0.1, 0.15) is 55.1 Å². The van der Waals surface area contributed by atoms with Crippen LogP contribution in [0.15, 0.2) is 48.5 Å². The molecule has 0 aliphatic carbocycles. The monoisotopic (exact) mass is 339 g/mol. The molecule has 0 radical (unpaired) electrons. The first-order chi connectivity index (χ1) is 12.0. The van der Waals surface area contributed by atoms with E-state index in [1.165, 1.54) is 5.56 Å². The number of hydrogen-bond acceptors (Lipinski definition) is 2. The number of aryl methyl sites for hydroxylation is 1. The molecule has 2 aromatic carbocycles. The molecular weight excluding hydrogens is 310 g/mol. The second-order valence-corrected chi connectivity index (χ2v) is 7.12. The molecule has 25 heavy (non-hydrogen) atoms. The highest BCUT2D eigenvalue weighted by Gasteiger charge is 2.15. The minimum Gasteiger partial charge on any atom is -0.488 e. The Bertz CT molecular complexity index is 694. The van der Waals surface area contributed by atoms with Crippen molar-refractivity contribution in [2.24, 2.45) is 5.92 Å². The van der Waals surface area contributed by atoms with Crippen molar-refractivity contribution in [3.63, 3.8) is 0 Å². The standard InChI is InChI=1S/C22H29NO2/c1-16(2)12-13-18(4)23-22(24)20-10-5-6-11-21(20)25-15-19-9-7-8-17(3)14-19/h5-11,14,16,18H,12-13,15H2,1-4H3,(H,23,24)/t18-/m1/s1. The average Bonchev–Trinajstić information content (AvgIpc) is 2.58. The van der Waals surface area contributed by atoms with Crippen molar-refractivity contribution in [3.8, 4) is 5.75 Å². The molecule has 0 bridgehead atoms. The SMILES string of the molecule is Cc1cccc(COc2ccccc2C(=O)N[C@H](C)CCC(C)C)c1. The third kappa shape index (κ3) is 6.26. The minimum absolute atomic E-state index is 0.0731. The Morgan fingerprint density at radius 1 is 1.04 bits per heavy atom. The minimum atomic E-state index is -0.0731. The maximum Gasteiger partial charge on any atom is 0.255 e. The Kier molecular flexibility index (Phi) is 7.05. The van der Waals surface area contributed by atoms with Crippen molar-refractivity contribution in [1.82, 2.24) is 5.32 Å². The lowest BCUT2D eigenvalue weighted by atomic mass is 10.0. The number of amides is 1. The summed E-state index contributed by atoms with van der Waals surface area (Å²) >= 11 is 0. The van der Waals surface area contributed by atoms with Gasteiger partial charge in [-0.05, 0) is 50.3 Å². The molecule has 0 spiro atoms. The number of carbonyl (C=O) groups is 1. The van der Waals surface area contributed by atoms with Crippen LogP contribution < -0.4 is 10.1 Å². The number of benzene rings is 2. The predicted octanol–water partition coefficient (Wildman–Crippen LogP) is 5.13. The highest BCUT2D eigenvalue weighted by molar-refractivity contribution is 5.97. The summed E-state index contributed by atoms with van der Waals surface area (Å²) in [5, 5.41) is 3.08. The summed E-state index contributed by atoms with van der Waals surface area (Å²) in [4.78, 5) is 12.6. The lowest BCUT2D eigenvalue weighted by molar-refractivity contribution is 0.0932. The van der Waals surface area contributed by atoms with Crippen molar-refractivity contribution >= 4 is 5.91 Å². The Labute approximate surface area is 151 Å². The summed E-state index contributed by atoms with van der Waals surface area (Å²) in [7, 11) is 0. The topological polar surface area (TPSA) is 38.3 Å². The van der Waals surface area contributed by atoms with Crippen molar-refractivity contribution in [2.45, 2.75) is 53.2 Å². The van der Waals surface area contributed by atoms with Gasteiger partial charge in [0.1, 0.15) is 12.4 Å². The number of carbonyl (C=O) groups excluding carboxylic acids is 1. The number of para-hydroxylation sites is 1. The number of ether oxygens (including phenoxy) is 1. The third-order valence-corrected chi connectivity index (χ3v) is 4.16. The smallest absolute Gasteiger partial charge is 0.255 e. The molecule has 0 aliphatic heterocycles. The Morgan fingerprint density at radius 2 is 1.80 bits per heavy atom. The van der Waals surface area contributed by atoms with Gasteiger partial charge in [-0.2, -0.15) is 0 Å². The Balaban J connectivity index is 2.00. The van der Waals surface area contributed by atoms with Gasteiger partial charge in [0, 0.05) is 6.04 Å². The fourth-order valence-electron chi connectivity index (χ4n) is 2.70. The molecular formula is C22H29NO2. The number of hydrogen-bond donors (Lipinski definition) is 1. The number of rotatable bonds is 8. The molecule has 3 nitrogen and oxygen atoms in total. The van der Waals surface area contributed by atoms with Gasteiger partial charge in [0.05, 0.1) is 5.56 Å². The molecule has 0 aromatic heterocycles. The van der Waals surface area contributed by atoms with Crippen LogP contribution in [-0.4, -0.2) is 11.9 Å². The molecule has 1 N–H and O–H groups in total. The molecule has 1 atom stereocenters. The molecule has 0 heterocycles. The largest absolute Gasteiger partial charge is 0.488 e. The van der Waals surface area contributed by atoms with Crippen molar-refractivity contribution in [1.29, 1.82) is 0 Å². The second kappa shape index (κ2) is 9.26. The summed E-state index contributed by atoms with van der Waals surface area (Å²) in [6, 6.07) is 15.8. The van der Waals surface area contributed by atoms with E-state index in [1.54, 1.807) is 0 Å². The molecule has 134 valence electrons. The van der Waals surface area contributed by atoms with E-state index in [-0.39, 0.29) is 11.9 Å².